The Hall–Kier alpha value is -1.69. The van der Waals surface area contributed by atoms with E-state index in [0.717, 1.165) is 18.2 Å². The zero-order chi connectivity index (χ0) is 13.8. The molecule has 0 radical (unpaired) electrons. The molecule has 0 atom stereocenters. The lowest BCUT2D eigenvalue weighted by molar-refractivity contribution is 0.0696. The minimum atomic E-state index is -3.81. The van der Waals surface area contributed by atoms with Crippen LogP contribution in [0.25, 0.3) is 0 Å². The number of benzene rings is 1. The van der Waals surface area contributed by atoms with Crippen LogP contribution in [0.2, 0.25) is 0 Å². The SMILES string of the molecule is C=CCCCS(=O)(=O)c1cc(C(=O)O)ccc1F. The van der Waals surface area contributed by atoms with Crippen LogP contribution in [0.15, 0.2) is 35.7 Å². The number of aromatic carboxylic acids is 1. The first kappa shape index (κ1) is 14.4. The number of rotatable bonds is 6. The maximum atomic E-state index is 13.4. The van der Waals surface area contributed by atoms with E-state index in [9.17, 15) is 17.6 Å². The van der Waals surface area contributed by atoms with Gasteiger partial charge in [0.15, 0.2) is 9.84 Å². The smallest absolute Gasteiger partial charge is 0.335 e. The van der Waals surface area contributed by atoms with E-state index in [1.165, 1.54) is 0 Å². The molecule has 0 aliphatic carbocycles. The first-order valence-electron chi connectivity index (χ1n) is 5.25. The molecule has 0 fully saturated rings. The number of allylic oxidation sites excluding steroid dienone is 1. The van der Waals surface area contributed by atoms with E-state index in [-0.39, 0.29) is 11.3 Å². The van der Waals surface area contributed by atoms with E-state index in [1.807, 2.05) is 0 Å². The van der Waals surface area contributed by atoms with Crippen LogP contribution in [-0.4, -0.2) is 25.2 Å². The van der Waals surface area contributed by atoms with Crippen LogP contribution in [0.4, 0.5) is 4.39 Å². The second-order valence-electron chi connectivity index (χ2n) is 3.70. The second-order valence-corrected chi connectivity index (χ2v) is 5.78. The third-order valence-electron chi connectivity index (χ3n) is 2.33. The van der Waals surface area contributed by atoms with Crippen molar-refractivity contribution in [1.29, 1.82) is 0 Å². The van der Waals surface area contributed by atoms with Crippen molar-refractivity contribution in [2.24, 2.45) is 0 Å². The Balaban J connectivity index is 3.10. The molecule has 0 aliphatic heterocycles. The highest BCUT2D eigenvalue weighted by atomic mass is 32.2. The summed E-state index contributed by atoms with van der Waals surface area (Å²) in [5.74, 6) is -2.46. The summed E-state index contributed by atoms with van der Waals surface area (Å²) in [4.78, 5) is 10.2. The number of hydrogen-bond acceptors (Lipinski definition) is 3. The summed E-state index contributed by atoms with van der Waals surface area (Å²) in [5, 5.41) is 8.75. The molecule has 0 heterocycles. The zero-order valence-electron chi connectivity index (χ0n) is 9.60. The molecular weight excluding hydrogens is 259 g/mol. The second kappa shape index (κ2) is 5.77. The summed E-state index contributed by atoms with van der Waals surface area (Å²) in [5.41, 5.74) is -0.251. The molecule has 0 saturated carbocycles. The Bertz CT molecular complexity index is 563. The van der Waals surface area contributed by atoms with Crippen molar-refractivity contribution in [3.63, 3.8) is 0 Å². The van der Waals surface area contributed by atoms with Crippen LogP contribution in [0.5, 0.6) is 0 Å². The van der Waals surface area contributed by atoms with Gasteiger partial charge in [0.2, 0.25) is 0 Å². The lowest BCUT2D eigenvalue weighted by Crippen LogP contribution is -2.10. The Kier molecular flexibility index (Phi) is 4.61. The van der Waals surface area contributed by atoms with Gasteiger partial charge in [-0.15, -0.1) is 6.58 Å². The quantitative estimate of drug-likeness (QED) is 0.637. The number of carbonyl (C=O) groups is 1. The van der Waals surface area contributed by atoms with Gasteiger partial charge < -0.3 is 5.11 Å². The number of carboxylic acids is 1. The van der Waals surface area contributed by atoms with Gasteiger partial charge in [0.05, 0.1) is 11.3 Å². The van der Waals surface area contributed by atoms with Gasteiger partial charge in [-0.05, 0) is 31.0 Å². The van der Waals surface area contributed by atoms with E-state index in [0.29, 0.717) is 12.8 Å². The number of sulfone groups is 1. The predicted molar refractivity (Wildman–Crippen MR) is 64.8 cm³/mol. The minimum Gasteiger partial charge on any atom is -0.478 e. The molecule has 1 aromatic rings. The molecule has 1 rings (SSSR count). The predicted octanol–water partition coefficient (Wildman–Crippen LogP) is 2.26. The van der Waals surface area contributed by atoms with Crippen molar-refractivity contribution in [3.05, 3.63) is 42.2 Å². The Morgan fingerprint density at radius 1 is 1.44 bits per heavy atom. The van der Waals surface area contributed by atoms with Crippen molar-refractivity contribution in [1.82, 2.24) is 0 Å². The van der Waals surface area contributed by atoms with Crippen molar-refractivity contribution >= 4 is 15.8 Å². The van der Waals surface area contributed by atoms with Crippen LogP contribution in [-0.2, 0) is 9.84 Å². The first-order chi connectivity index (χ1) is 8.38. The number of unbranched alkanes of at least 4 members (excludes halogenated alkanes) is 1. The normalized spacial score (nSPS) is 11.2. The Labute approximate surface area is 105 Å². The van der Waals surface area contributed by atoms with Crippen LogP contribution >= 0.6 is 0 Å². The standard InChI is InChI=1S/C12H13FO4S/c1-2-3-4-7-18(16,17)11-8-9(12(14)15)5-6-10(11)13/h2,5-6,8H,1,3-4,7H2,(H,14,15). The fourth-order valence-corrected chi connectivity index (χ4v) is 2.84. The lowest BCUT2D eigenvalue weighted by Gasteiger charge is -2.06. The zero-order valence-corrected chi connectivity index (χ0v) is 10.4. The lowest BCUT2D eigenvalue weighted by atomic mass is 10.2. The molecule has 0 spiro atoms. The monoisotopic (exact) mass is 272 g/mol. The van der Waals surface area contributed by atoms with Crippen LogP contribution in [0.1, 0.15) is 23.2 Å². The Morgan fingerprint density at radius 3 is 2.67 bits per heavy atom. The maximum Gasteiger partial charge on any atom is 0.335 e. The molecule has 18 heavy (non-hydrogen) atoms. The summed E-state index contributed by atoms with van der Waals surface area (Å²) < 4.78 is 37.1. The molecule has 0 unspecified atom stereocenters. The van der Waals surface area contributed by atoms with Gasteiger partial charge in [-0.25, -0.2) is 17.6 Å². The summed E-state index contributed by atoms with van der Waals surface area (Å²) in [7, 11) is -3.81. The van der Waals surface area contributed by atoms with Gasteiger partial charge in [-0.3, -0.25) is 0 Å². The molecule has 98 valence electrons. The molecular formula is C12H13FO4S. The molecule has 0 bridgehead atoms. The molecule has 6 heteroatoms. The van der Waals surface area contributed by atoms with E-state index >= 15 is 0 Å². The van der Waals surface area contributed by atoms with Crippen molar-refractivity contribution in [3.8, 4) is 0 Å². The van der Waals surface area contributed by atoms with Crippen LogP contribution < -0.4 is 0 Å². The number of hydrogen-bond donors (Lipinski definition) is 1. The molecule has 1 N–H and O–H groups in total. The largest absolute Gasteiger partial charge is 0.478 e. The highest BCUT2D eigenvalue weighted by Gasteiger charge is 2.20. The fourth-order valence-electron chi connectivity index (χ4n) is 1.40. The van der Waals surface area contributed by atoms with Crippen LogP contribution in [0.3, 0.4) is 0 Å². The van der Waals surface area contributed by atoms with E-state index in [4.69, 9.17) is 5.11 Å². The van der Waals surface area contributed by atoms with Gasteiger partial charge in [-0.1, -0.05) is 6.08 Å². The van der Waals surface area contributed by atoms with Crippen molar-refractivity contribution in [2.75, 3.05) is 5.75 Å². The molecule has 4 nitrogen and oxygen atoms in total. The highest BCUT2D eigenvalue weighted by Crippen LogP contribution is 2.19. The molecule has 0 aromatic heterocycles. The fraction of sp³-hybridized carbons (Fsp3) is 0.250. The number of carboxylic acid groups (broad SMARTS) is 1. The molecule has 0 saturated heterocycles. The summed E-state index contributed by atoms with van der Waals surface area (Å²) in [6.07, 6.45) is 2.39. The molecule has 1 aromatic carbocycles. The third kappa shape index (κ3) is 3.40. The van der Waals surface area contributed by atoms with E-state index in [1.54, 1.807) is 6.08 Å². The minimum absolute atomic E-state index is 0.237. The summed E-state index contributed by atoms with van der Waals surface area (Å²) >= 11 is 0. The summed E-state index contributed by atoms with van der Waals surface area (Å²) in [6.45, 7) is 3.46. The van der Waals surface area contributed by atoms with Gasteiger partial charge >= 0.3 is 5.97 Å². The topological polar surface area (TPSA) is 71.4 Å². The van der Waals surface area contributed by atoms with Crippen LogP contribution in [0, 0.1) is 5.82 Å². The van der Waals surface area contributed by atoms with Gasteiger partial charge in [0.25, 0.3) is 0 Å². The Morgan fingerprint density at radius 2 is 2.11 bits per heavy atom. The maximum absolute atomic E-state index is 13.4. The number of halogens is 1. The molecule has 0 amide bonds. The van der Waals surface area contributed by atoms with E-state index < -0.39 is 26.5 Å². The van der Waals surface area contributed by atoms with Crippen molar-refractivity contribution < 1.29 is 22.7 Å². The summed E-state index contributed by atoms with van der Waals surface area (Å²) in [6, 6.07) is 2.73. The first-order valence-corrected chi connectivity index (χ1v) is 6.90. The third-order valence-corrected chi connectivity index (χ3v) is 4.14. The van der Waals surface area contributed by atoms with Gasteiger partial charge in [0.1, 0.15) is 10.7 Å². The average Bonchev–Trinajstić information content (AvgIpc) is 2.29. The van der Waals surface area contributed by atoms with E-state index in [2.05, 4.69) is 6.58 Å². The molecule has 0 aliphatic rings. The van der Waals surface area contributed by atoms with Crippen molar-refractivity contribution in [2.45, 2.75) is 17.7 Å². The van der Waals surface area contributed by atoms with Gasteiger partial charge in [0, 0.05) is 0 Å². The van der Waals surface area contributed by atoms with Gasteiger partial charge in [-0.2, -0.15) is 0 Å². The average molecular weight is 272 g/mol. The highest BCUT2D eigenvalue weighted by molar-refractivity contribution is 7.91.